The summed E-state index contributed by atoms with van der Waals surface area (Å²) in [5.41, 5.74) is 4.03. The minimum atomic E-state index is 0.883. The van der Waals surface area contributed by atoms with E-state index in [9.17, 15) is 0 Å². The van der Waals surface area contributed by atoms with Crippen molar-refractivity contribution >= 4 is 0 Å². The Bertz CT molecular complexity index is 1100. The van der Waals surface area contributed by atoms with E-state index in [-0.39, 0.29) is 0 Å². The van der Waals surface area contributed by atoms with Crippen LogP contribution in [0.3, 0.4) is 0 Å². The fourth-order valence-corrected chi connectivity index (χ4v) is 17.9. The highest BCUT2D eigenvalue weighted by Crippen LogP contribution is 2.63. The fourth-order valence-electron chi connectivity index (χ4n) is 17.9. The maximum Gasteiger partial charge on any atom is -0.0200 e. The summed E-state index contributed by atoms with van der Waals surface area (Å²) in [6, 6.07) is 0. The molecule has 10 unspecified atom stereocenters. The first kappa shape index (κ1) is 40.9. The lowest BCUT2D eigenvalue weighted by molar-refractivity contribution is -0.118. The van der Waals surface area contributed by atoms with Gasteiger partial charge in [0.1, 0.15) is 0 Å². The molecule has 0 aromatic rings. The van der Waals surface area contributed by atoms with E-state index in [1.165, 1.54) is 141 Å². The maximum atomic E-state index is 3.02. The van der Waals surface area contributed by atoms with Crippen LogP contribution in [-0.2, 0) is 0 Å². The third kappa shape index (κ3) is 9.06. The van der Waals surface area contributed by atoms with Crippen molar-refractivity contribution in [3.63, 3.8) is 0 Å². The molecule has 9 aliphatic rings. The predicted octanol–water partition coefficient (Wildman–Crippen LogP) is 17.1. The monoisotopic (exact) mass is 765 g/mol. The van der Waals surface area contributed by atoms with Gasteiger partial charge in [-0.1, -0.05) is 140 Å². The highest BCUT2D eigenvalue weighted by molar-refractivity contribution is 5.17. The number of hydrogen-bond acceptors (Lipinski definition) is 0. The second-order valence-corrected chi connectivity index (χ2v) is 23.5. The van der Waals surface area contributed by atoms with Crippen LogP contribution in [0.5, 0.6) is 0 Å². The van der Waals surface area contributed by atoms with E-state index >= 15 is 0 Å². The molecule has 0 spiro atoms. The molecule has 0 N–H and O–H groups in total. The molecular formula is C56H92. The summed E-state index contributed by atoms with van der Waals surface area (Å²) in [6.07, 6.45) is 58.2. The van der Waals surface area contributed by atoms with Crippen molar-refractivity contribution in [2.24, 2.45) is 94.7 Å². The van der Waals surface area contributed by atoms with Gasteiger partial charge in [-0.2, -0.15) is 0 Å². The number of rotatable bonds is 8. The van der Waals surface area contributed by atoms with Gasteiger partial charge >= 0.3 is 0 Å². The lowest BCUT2D eigenvalue weighted by Gasteiger charge is -2.61. The van der Waals surface area contributed by atoms with Crippen molar-refractivity contribution in [1.82, 2.24) is 0 Å². The van der Waals surface area contributed by atoms with Crippen LogP contribution < -0.4 is 0 Å². The molecule has 9 aliphatic carbocycles. The number of hydrogen-bond donors (Lipinski definition) is 0. The van der Waals surface area contributed by atoms with Crippen LogP contribution in [0.15, 0.2) is 23.3 Å². The molecule has 0 aromatic heterocycles. The molecule has 56 heavy (non-hydrogen) atoms. The predicted molar refractivity (Wildman–Crippen MR) is 240 cm³/mol. The van der Waals surface area contributed by atoms with E-state index in [4.69, 9.17) is 0 Å². The minimum Gasteiger partial charge on any atom is -0.0814 e. The van der Waals surface area contributed by atoms with Crippen LogP contribution >= 0.6 is 0 Å². The van der Waals surface area contributed by atoms with Gasteiger partial charge in [-0.05, 0) is 210 Å². The van der Waals surface area contributed by atoms with Gasteiger partial charge in [0.05, 0.1) is 0 Å². The number of fused-ring (bicyclic) bond motifs is 2. The summed E-state index contributed by atoms with van der Waals surface area (Å²) in [5.74, 6) is 15.9. The van der Waals surface area contributed by atoms with Gasteiger partial charge < -0.3 is 0 Å². The van der Waals surface area contributed by atoms with Crippen LogP contribution in [0, 0.1) is 94.7 Å². The highest BCUT2D eigenvalue weighted by atomic mass is 14.6. The average Bonchev–Trinajstić information content (AvgIpc) is 3.26. The quantitative estimate of drug-likeness (QED) is 0.216. The Morgan fingerprint density at radius 2 is 0.571 bits per heavy atom. The molecule has 0 radical (unpaired) electrons. The smallest absolute Gasteiger partial charge is 0.0200 e. The molecule has 0 heterocycles. The molecular weight excluding hydrogens is 673 g/mol. The third-order valence-electron chi connectivity index (χ3n) is 20.5. The first-order chi connectivity index (χ1) is 27.6. The molecule has 10 atom stereocenters. The summed E-state index contributed by atoms with van der Waals surface area (Å²) in [6.45, 7) is 5.49. The Morgan fingerprint density at radius 1 is 0.304 bits per heavy atom. The van der Waals surface area contributed by atoms with Crippen molar-refractivity contribution in [3.8, 4) is 0 Å². The van der Waals surface area contributed by atoms with Crippen LogP contribution in [0.1, 0.15) is 232 Å². The van der Waals surface area contributed by atoms with Crippen LogP contribution in [-0.4, -0.2) is 0 Å². The lowest BCUT2D eigenvalue weighted by atomic mass is 9.44. The van der Waals surface area contributed by atoms with Crippen LogP contribution in [0.2, 0.25) is 0 Å². The fraction of sp³-hybridized carbons (Fsp3) is 0.929. The lowest BCUT2D eigenvalue weighted by Crippen LogP contribution is -2.54. The average molecular weight is 765 g/mol. The van der Waals surface area contributed by atoms with E-state index in [1.54, 1.807) is 77.0 Å². The van der Waals surface area contributed by atoms with Gasteiger partial charge in [-0.25, -0.2) is 0 Å². The van der Waals surface area contributed by atoms with E-state index in [1.807, 2.05) is 11.1 Å². The van der Waals surface area contributed by atoms with Crippen molar-refractivity contribution in [3.05, 3.63) is 23.3 Å². The summed E-state index contributed by atoms with van der Waals surface area (Å²) in [4.78, 5) is 0. The standard InChI is InChI=1S/C56H92/c1-39-35-47(33-31-45(39)37-53(41-19-7-3-8-20-41)42-21-9-4-10-22-42)55-49-27-15-17-29-51(49)56(52-30-18-16-28-50(52)55)48-34-32-46(40(2)36-48)38-54(43-23-11-5-12-24-43)44-25-13-6-14-26-44/h37-52,55-56H,3-36H2,1-2H3. The van der Waals surface area contributed by atoms with Crippen molar-refractivity contribution in [2.45, 2.75) is 232 Å². The van der Waals surface area contributed by atoms with Crippen molar-refractivity contribution < 1.29 is 0 Å². The normalized spacial score (nSPS) is 42.6. The Kier molecular flexibility index (Phi) is 14.2. The first-order valence-corrected chi connectivity index (χ1v) is 27.1. The minimum absolute atomic E-state index is 0.883. The summed E-state index contributed by atoms with van der Waals surface area (Å²) in [7, 11) is 0. The van der Waals surface area contributed by atoms with Gasteiger partial charge in [-0.15, -0.1) is 0 Å². The molecule has 9 saturated carbocycles. The molecule has 9 rings (SSSR count). The first-order valence-electron chi connectivity index (χ1n) is 27.1. The zero-order chi connectivity index (χ0) is 37.8. The van der Waals surface area contributed by atoms with Crippen LogP contribution in [0.4, 0.5) is 0 Å². The number of allylic oxidation sites excluding steroid dienone is 4. The van der Waals surface area contributed by atoms with E-state index in [0.29, 0.717) is 0 Å². The molecule has 316 valence electrons. The highest BCUT2D eigenvalue weighted by Gasteiger charge is 2.55. The summed E-state index contributed by atoms with van der Waals surface area (Å²) in [5, 5.41) is 0. The van der Waals surface area contributed by atoms with Gasteiger partial charge in [0.15, 0.2) is 0 Å². The van der Waals surface area contributed by atoms with Crippen molar-refractivity contribution in [1.29, 1.82) is 0 Å². The van der Waals surface area contributed by atoms with Gasteiger partial charge in [0.2, 0.25) is 0 Å². The topological polar surface area (TPSA) is 0 Å². The molecule has 0 saturated heterocycles. The van der Waals surface area contributed by atoms with Crippen LogP contribution in [0.25, 0.3) is 0 Å². The largest absolute Gasteiger partial charge is 0.0814 e. The van der Waals surface area contributed by atoms with E-state index in [0.717, 1.165) is 94.7 Å². The zero-order valence-corrected chi connectivity index (χ0v) is 37.4. The Hall–Kier alpha value is -0.520. The summed E-state index contributed by atoms with van der Waals surface area (Å²) < 4.78 is 0. The summed E-state index contributed by atoms with van der Waals surface area (Å²) >= 11 is 0. The maximum absolute atomic E-state index is 3.02. The molecule has 0 heteroatoms. The SMILES string of the molecule is CC1CC(C2C3CCCCC3C(C3CCC(C=C(C4CCCCC4)C4CCCCC4)C(C)C3)C3CCCCC32)CCC1C=C(C1CCCCC1)C1CCCCC1. The Balaban J connectivity index is 0.905. The second-order valence-electron chi connectivity index (χ2n) is 23.5. The molecule has 0 aliphatic heterocycles. The van der Waals surface area contributed by atoms with Gasteiger partial charge in [0.25, 0.3) is 0 Å². The Labute approximate surface area is 348 Å². The van der Waals surface area contributed by atoms with Gasteiger partial charge in [-0.3, -0.25) is 0 Å². The molecule has 9 fully saturated rings. The Morgan fingerprint density at radius 3 is 0.839 bits per heavy atom. The van der Waals surface area contributed by atoms with E-state index in [2.05, 4.69) is 26.0 Å². The molecule has 0 amide bonds. The molecule has 0 bridgehead atoms. The van der Waals surface area contributed by atoms with E-state index < -0.39 is 0 Å². The third-order valence-corrected chi connectivity index (χ3v) is 20.5. The molecule has 0 aromatic carbocycles. The van der Waals surface area contributed by atoms with Gasteiger partial charge in [0, 0.05) is 0 Å². The second kappa shape index (κ2) is 19.5. The van der Waals surface area contributed by atoms with Crippen molar-refractivity contribution in [2.75, 3.05) is 0 Å². The zero-order valence-electron chi connectivity index (χ0n) is 37.4. The molecule has 0 nitrogen and oxygen atoms in total.